The van der Waals surface area contributed by atoms with Crippen LogP contribution in [0.2, 0.25) is 0 Å². The zero-order chi connectivity index (χ0) is 9.90. The summed E-state index contributed by atoms with van der Waals surface area (Å²) in [7, 11) is -3.50. The highest BCUT2D eigenvalue weighted by atomic mass is 32.2. The number of rotatable bonds is 3. The monoisotopic (exact) mass is 203 g/mol. The van der Waals surface area contributed by atoms with E-state index in [1.807, 2.05) is 6.07 Å². The molecule has 1 aliphatic carbocycles. The van der Waals surface area contributed by atoms with Crippen molar-refractivity contribution < 1.29 is 12.6 Å². The van der Waals surface area contributed by atoms with Crippen molar-refractivity contribution in [1.29, 1.82) is 5.26 Å². The van der Waals surface area contributed by atoms with Crippen molar-refractivity contribution in [2.75, 3.05) is 6.26 Å². The molecule has 1 fully saturated rings. The van der Waals surface area contributed by atoms with Crippen molar-refractivity contribution >= 4 is 10.1 Å². The van der Waals surface area contributed by atoms with Gasteiger partial charge in [-0.1, -0.05) is 12.8 Å². The Hall–Kier alpha value is -0.600. The molecule has 0 heterocycles. The third-order valence-electron chi connectivity index (χ3n) is 2.23. The summed E-state index contributed by atoms with van der Waals surface area (Å²) in [6, 6.07) is 1.90. The van der Waals surface area contributed by atoms with E-state index >= 15 is 0 Å². The Labute approximate surface area is 78.6 Å². The molecule has 0 bridgehead atoms. The minimum atomic E-state index is -3.50. The van der Waals surface area contributed by atoms with Gasteiger partial charge >= 0.3 is 0 Å². The molecule has 1 unspecified atom stereocenters. The van der Waals surface area contributed by atoms with Crippen molar-refractivity contribution in [3.63, 3.8) is 0 Å². The molecular formula is C8H13NO3S. The van der Waals surface area contributed by atoms with Crippen LogP contribution in [0.3, 0.4) is 0 Å². The van der Waals surface area contributed by atoms with E-state index in [9.17, 15) is 8.42 Å². The zero-order valence-electron chi connectivity index (χ0n) is 7.56. The summed E-state index contributed by atoms with van der Waals surface area (Å²) in [4.78, 5) is 0. The summed E-state index contributed by atoms with van der Waals surface area (Å²) in [6.07, 6.45) is 4.12. The second kappa shape index (κ2) is 4.07. The lowest BCUT2D eigenvalue weighted by atomic mass is 10.0. The molecule has 74 valence electrons. The van der Waals surface area contributed by atoms with Gasteiger partial charge in [0.2, 0.25) is 0 Å². The molecule has 1 saturated carbocycles. The topological polar surface area (TPSA) is 67.2 Å². The molecule has 1 rings (SSSR count). The van der Waals surface area contributed by atoms with Crippen LogP contribution in [0.25, 0.3) is 0 Å². The fraction of sp³-hybridized carbons (Fsp3) is 0.875. The lowest BCUT2D eigenvalue weighted by molar-refractivity contribution is 0.196. The first-order valence-corrected chi connectivity index (χ1v) is 6.12. The van der Waals surface area contributed by atoms with Gasteiger partial charge in [-0.25, -0.2) is 0 Å². The number of nitrogens with zero attached hydrogens (tertiary/aromatic N) is 1. The van der Waals surface area contributed by atoms with Crippen LogP contribution in [-0.2, 0) is 14.3 Å². The maximum Gasteiger partial charge on any atom is 0.265 e. The first kappa shape index (κ1) is 10.5. The second-order valence-electron chi connectivity index (χ2n) is 3.39. The molecule has 0 amide bonds. The van der Waals surface area contributed by atoms with E-state index < -0.39 is 16.2 Å². The molecular weight excluding hydrogens is 190 g/mol. The van der Waals surface area contributed by atoms with Crippen LogP contribution in [0.4, 0.5) is 0 Å². The summed E-state index contributed by atoms with van der Waals surface area (Å²) >= 11 is 0. The molecule has 0 radical (unpaired) electrons. The number of hydrogen-bond acceptors (Lipinski definition) is 4. The Morgan fingerprint density at radius 2 is 2.00 bits per heavy atom. The van der Waals surface area contributed by atoms with Gasteiger partial charge in [0.05, 0.1) is 12.3 Å². The molecule has 0 spiro atoms. The molecule has 0 saturated heterocycles. The molecule has 0 aliphatic heterocycles. The summed E-state index contributed by atoms with van der Waals surface area (Å²) in [5.74, 6) is 0.0970. The van der Waals surface area contributed by atoms with Crippen molar-refractivity contribution in [2.24, 2.45) is 5.92 Å². The Kier molecular flexibility index (Phi) is 3.28. The van der Waals surface area contributed by atoms with Crippen LogP contribution in [-0.4, -0.2) is 20.8 Å². The SMILES string of the molecule is CS(=O)(=O)OC(C#N)C1CCCC1. The van der Waals surface area contributed by atoms with E-state index in [0.29, 0.717) is 0 Å². The first-order valence-electron chi connectivity index (χ1n) is 4.31. The van der Waals surface area contributed by atoms with Crippen molar-refractivity contribution in [1.82, 2.24) is 0 Å². The molecule has 13 heavy (non-hydrogen) atoms. The molecule has 1 aliphatic rings. The normalized spacial score (nSPS) is 21.2. The average Bonchev–Trinajstić information content (AvgIpc) is 2.50. The Balaban J connectivity index is 2.58. The van der Waals surface area contributed by atoms with Gasteiger partial charge in [-0.05, 0) is 12.8 Å². The van der Waals surface area contributed by atoms with Gasteiger partial charge in [-0.15, -0.1) is 0 Å². The first-order chi connectivity index (χ1) is 6.03. The van der Waals surface area contributed by atoms with Gasteiger partial charge in [0.1, 0.15) is 0 Å². The molecule has 5 heteroatoms. The number of hydrogen-bond donors (Lipinski definition) is 0. The predicted octanol–water partition coefficient (Wildman–Crippen LogP) is 1.04. The van der Waals surface area contributed by atoms with E-state index in [1.54, 1.807) is 0 Å². The third-order valence-corrected chi connectivity index (χ3v) is 2.79. The Bertz CT molecular complexity index is 298. The van der Waals surface area contributed by atoms with E-state index in [4.69, 9.17) is 5.26 Å². The van der Waals surface area contributed by atoms with Gasteiger partial charge in [0.15, 0.2) is 6.10 Å². The standard InChI is InChI=1S/C8H13NO3S/c1-13(10,11)12-8(6-9)7-4-2-3-5-7/h7-8H,2-5H2,1H3. The van der Waals surface area contributed by atoms with Crippen LogP contribution in [0.1, 0.15) is 25.7 Å². The van der Waals surface area contributed by atoms with Crippen molar-refractivity contribution in [3.05, 3.63) is 0 Å². The zero-order valence-corrected chi connectivity index (χ0v) is 8.38. The minimum absolute atomic E-state index is 0.0970. The lowest BCUT2D eigenvalue weighted by Crippen LogP contribution is -2.23. The van der Waals surface area contributed by atoms with E-state index in [0.717, 1.165) is 31.9 Å². The fourth-order valence-electron chi connectivity index (χ4n) is 1.65. The highest BCUT2D eigenvalue weighted by molar-refractivity contribution is 7.86. The molecule has 0 aromatic rings. The molecule has 0 aromatic heterocycles. The molecule has 1 atom stereocenters. The Morgan fingerprint density at radius 3 is 2.38 bits per heavy atom. The second-order valence-corrected chi connectivity index (χ2v) is 5.00. The quantitative estimate of drug-likeness (QED) is 0.643. The fourth-order valence-corrected chi connectivity index (χ4v) is 2.23. The predicted molar refractivity (Wildman–Crippen MR) is 47.3 cm³/mol. The highest BCUT2D eigenvalue weighted by Gasteiger charge is 2.28. The Morgan fingerprint density at radius 1 is 1.46 bits per heavy atom. The summed E-state index contributed by atoms with van der Waals surface area (Å²) in [6.45, 7) is 0. The molecule has 0 N–H and O–H groups in total. The largest absolute Gasteiger partial charge is 0.265 e. The van der Waals surface area contributed by atoms with E-state index in [-0.39, 0.29) is 5.92 Å². The summed E-state index contributed by atoms with van der Waals surface area (Å²) < 4.78 is 26.2. The van der Waals surface area contributed by atoms with Gasteiger partial charge in [0, 0.05) is 5.92 Å². The third kappa shape index (κ3) is 3.33. The maximum absolute atomic E-state index is 10.8. The van der Waals surface area contributed by atoms with E-state index in [1.165, 1.54) is 0 Å². The van der Waals surface area contributed by atoms with Crippen LogP contribution >= 0.6 is 0 Å². The van der Waals surface area contributed by atoms with Gasteiger partial charge in [-0.2, -0.15) is 13.7 Å². The summed E-state index contributed by atoms with van der Waals surface area (Å²) in [5, 5.41) is 8.71. The van der Waals surface area contributed by atoms with Gasteiger partial charge in [0.25, 0.3) is 10.1 Å². The van der Waals surface area contributed by atoms with Crippen LogP contribution in [0.5, 0.6) is 0 Å². The lowest BCUT2D eigenvalue weighted by Gasteiger charge is -2.14. The van der Waals surface area contributed by atoms with Crippen molar-refractivity contribution in [2.45, 2.75) is 31.8 Å². The average molecular weight is 203 g/mol. The molecule has 4 nitrogen and oxygen atoms in total. The van der Waals surface area contributed by atoms with Crippen LogP contribution < -0.4 is 0 Å². The molecule has 0 aromatic carbocycles. The van der Waals surface area contributed by atoms with Crippen LogP contribution in [0.15, 0.2) is 0 Å². The van der Waals surface area contributed by atoms with Gasteiger partial charge in [-0.3, -0.25) is 4.18 Å². The van der Waals surface area contributed by atoms with Crippen molar-refractivity contribution in [3.8, 4) is 6.07 Å². The van der Waals surface area contributed by atoms with E-state index in [2.05, 4.69) is 4.18 Å². The smallest absolute Gasteiger partial charge is 0.251 e. The number of nitriles is 1. The summed E-state index contributed by atoms with van der Waals surface area (Å²) in [5.41, 5.74) is 0. The minimum Gasteiger partial charge on any atom is -0.251 e. The van der Waals surface area contributed by atoms with Crippen LogP contribution in [0, 0.1) is 17.2 Å². The highest BCUT2D eigenvalue weighted by Crippen LogP contribution is 2.29. The van der Waals surface area contributed by atoms with Gasteiger partial charge < -0.3 is 0 Å². The maximum atomic E-state index is 10.8.